The van der Waals surface area contributed by atoms with Crippen molar-refractivity contribution in [2.24, 2.45) is 0 Å². The van der Waals surface area contributed by atoms with Gasteiger partial charge in [-0.05, 0) is 18.2 Å². The molecule has 91 valence electrons. The predicted molar refractivity (Wildman–Crippen MR) is 65.5 cm³/mol. The van der Waals surface area contributed by atoms with Crippen molar-refractivity contribution in [1.29, 1.82) is 0 Å². The molecule has 2 rings (SSSR count). The lowest BCUT2D eigenvalue weighted by Gasteiger charge is -2.08. The largest absolute Gasteiger partial charge is 0.490 e. The summed E-state index contributed by atoms with van der Waals surface area (Å²) in [7, 11) is -1.69. The van der Waals surface area contributed by atoms with Crippen molar-refractivity contribution < 1.29 is 19.2 Å². The molecule has 18 heavy (non-hydrogen) atoms. The van der Waals surface area contributed by atoms with Gasteiger partial charge in [-0.15, -0.1) is 0 Å². The summed E-state index contributed by atoms with van der Waals surface area (Å²) in [4.78, 5) is 0. The van der Waals surface area contributed by atoms with Crippen LogP contribution in [0.25, 0.3) is 0 Å². The van der Waals surface area contributed by atoms with E-state index in [1.807, 2.05) is 0 Å². The van der Waals surface area contributed by atoms with E-state index < -0.39 is 12.9 Å². The molecule has 0 atom stereocenters. The molecule has 6 heteroatoms. The van der Waals surface area contributed by atoms with Crippen LogP contribution in [0.15, 0.2) is 42.5 Å². The van der Waals surface area contributed by atoms with Gasteiger partial charge >= 0.3 is 7.12 Å². The Kier molecular flexibility index (Phi) is 3.50. The average Bonchev–Trinajstić information content (AvgIpc) is 2.28. The molecule has 2 aromatic rings. The number of nitrogens with one attached hydrogen (secondary N) is 1. The summed E-state index contributed by atoms with van der Waals surface area (Å²) in [6.07, 6.45) is 0. The lowest BCUT2D eigenvalue weighted by atomic mass is 9.79. The third-order valence-electron chi connectivity index (χ3n) is 2.33. The Labute approximate surface area is 104 Å². The molecule has 0 saturated heterocycles. The highest BCUT2D eigenvalue weighted by molar-refractivity contribution is 6.60. The van der Waals surface area contributed by atoms with Gasteiger partial charge in [0.2, 0.25) is 0 Å². The molecule has 0 aliphatic heterocycles. The van der Waals surface area contributed by atoms with E-state index in [0.29, 0.717) is 11.5 Å². The summed E-state index contributed by atoms with van der Waals surface area (Å²) in [5, 5.41) is 17.9. The van der Waals surface area contributed by atoms with Crippen LogP contribution in [-0.2, 0) is 0 Å². The summed E-state index contributed by atoms with van der Waals surface area (Å²) < 4.78 is 18.3. The second-order valence-electron chi connectivity index (χ2n) is 3.68. The third kappa shape index (κ3) is 2.79. The van der Waals surface area contributed by atoms with Gasteiger partial charge in [0.05, 0.1) is 5.69 Å². The first-order valence-electron chi connectivity index (χ1n) is 5.21. The SMILES string of the molecule is [NH]c1cc(Oc2cccc(F)c2)ccc1B(O)O. The fourth-order valence-corrected chi connectivity index (χ4v) is 1.49. The van der Waals surface area contributed by atoms with E-state index in [2.05, 4.69) is 0 Å². The topological polar surface area (TPSA) is 73.5 Å². The normalized spacial score (nSPS) is 10.2. The van der Waals surface area contributed by atoms with Crippen LogP contribution in [-0.4, -0.2) is 17.2 Å². The van der Waals surface area contributed by atoms with E-state index in [9.17, 15) is 4.39 Å². The minimum Gasteiger partial charge on any atom is -0.457 e. The highest BCUT2D eigenvalue weighted by Gasteiger charge is 2.15. The van der Waals surface area contributed by atoms with Crippen molar-refractivity contribution in [3.8, 4) is 11.5 Å². The Morgan fingerprint density at radius 3 is 2.39 bits per heavy atom. The maximum Gasteiger partial charge on any atom is 0.490 e. The molecule has 0 aliphatic carbocycles. The molecule has 3 N–H and O–H groups in total. The average molecular weight is 246 g/mol. The Hall–Kier alpha value is -2.05. The summed E-state index contributed by atoms with van der Waals surface area (Å²) in [5.74, 6) is 0.225. The van der Waals surface area contributed by atoms with E-state index in [1.54, 1.807) is 6.07 Å². The van der Waals surface area contributed by atoms with Gasteiger partial charge in [-0.2, -0.15) is 0 Å². The molecular formula is C12H10BFNO3. The van der Waals surface area contributed by atoms with E-state index in [0.717, 1.165) is 0 Å². The van der Waals surface area contributed by atoms with Gasteiger partial charge in [-0.25, -0.2) is 4.39 Å². The molecule has 0 bridgehead atoms. The third-order valence-corrected chi connectivity index (χ3v) is 2.33. The van der Waals surface area contributed by atoms with Crippen molar-refractivity contribution in [2.75, 3.05) is 0 Å². The molecule has 0 aliphatic rings. The van der Waals surface area contributed by atoms with Gasteiger partial charge < -0.3 is 20.5 Å². The summed E-state index contributed by atoms with van der Waals surface area (Å²) in [6.45, 7) is 0. The molecule has 0 amide bonds. The highest BCUT2D eigenvalue weighted by Crippen LogP contribution is 2.23. The maximum absolute atomic E-state index is 12.9. The molecule has 2 aromatic carbocycles. The molecule has 0 unspecified atom stereocenters. The van der Waals surface area contributed by atoms with Crippen LogP contribution in [0.5, 0.6) is 11.5 Å². The first-order valence-corrected chi connectivity index (χ1v) is 5.21. The number of benzene rings is 2. The van der Waals surface area contributed by atoms with Crippen molar-refractivity contribution in [2.45, 2.75) is 0 Å². The second kappa shape index (κ2) is 5.08. The monoisotopic (exact) mass is 246 g/mol. The lowest BCUT2D eigenvalue weighted by molar-refractivity contribution is 0.426. The van der Waals surface area contributed by atoms with Gasteiger partial charge in [0, 0.05) is 17.6 Å². The molecular weight excluding hydrogens is 236 g/mol. The molecule has 0 saturated carbocycles. The molecule has 0 heterocycles. The van der Waals surface area contributed by atoms with Gasteiger partial charge in [-0.3, -0.25) is 0 Å². The maximum atomic E-state index is 12.9. The van der Waals surface area contributed by atoms with Gasteiger partial charge in [0.1, 0.15) is 17.3 Å². The predicted octanol–water partition coefficient (Wildman–Crippen LogP) is 1.21. The Morgan fingerprint density at radius 1 is 1.06 bits per heavy atom. The lowest BCUT2D eigenvalue weighted by Crippen LogP contribution is -2.30. The smallest absolute Gasteiger partial charge is 0.457 e. The standard InChI is InChI=1S/C12H10BFNO3/c14-8-2-1-3-9(6-8)18-10-4-5-11(13(16)17)12(15)7-10/h1-7,15-17H. The van der Waals surface area contributed by atoms with Crippen LogP contribution in [0.2, 0.25) is 0 Å². The van der Waals surface area contributed by atoms with Crippen LogP contribution < -0.4 is 15.9 Å². The van der Waals surface area contributed by atoms with Crippen LogP contribution >= 0.6 is 0 Å². The van der Waals surface area contributed by atoms with Crippen molar-refractivity contribution in [3.63, 3.8) is 0 Å². The Bertz CT molecular complexity index is 563. The van der Waals surface area contributed by atoms with Crippen molar-refractivity contribution in [3.05, 3.63) is 48.3 Å². The molecule has 0 spiro atoms. The first kappa shape index (κ1) is 12.4. The zero-order valence-corrected chi connectivity index (χ0v) is 9.30. The molecule has 1 radical (unpaired) electrons. The number of rotatable bonds is 3. The van der Waals surface area contributed by atoms with E-state index in [1.165, 1.54) is 36.4 Å². The fraction of sp³-hybridized carbons (Fsp3) is 0. The van der Waals surface area contributed by atoms with Gasteiger partial charge in [0.15, 0.2) is 0 Å². The van der Waals surface area contributed by atoms with E-state index in [4.69, 9.17) is 20.5 Å². The number of ether oxygens (including phenoxy) is 1. The second-order valence-corrected chi connectivity index (χ2v) is 3.68. The minimum absolute atomic E-state index is 0.0566. The van der Waals surface area contributed by atoms with Gasteiger partial charge in [-0.1, -0.05) is 12.1 Å². The molecule has 0 fully saturated rings. The zero-order valence-electron chi connectivity index (χ0n) is 9.30. The van der Waals surface area contributed by atoms with Crippen LogP contribution in [0, 0.1) is 5.82 Å². The highest BCUT2D eigenvalue weighted by atomic mass is 19.1. The van der Waals surface area contributed by atoms with Gasteiger partial charge in [0.25, 0.3) is 0 Å². The summed E-state index contributed by atoms with van der Waals surface area (Å²) in [5.41, 5.74) is 7.60. The molecule has 0 aromatic heterocycles. The summed E-state index contributed by atoms with van der Waals surface area (Å²) >= 11 is 0. The Balaban J connectivity index is 2.23. The quantitative estimate of drug-likeness (QED) is 0.799. The minimum atomic E-state index is -1.69. The first-order chi connectivity index (χ1) is 8.56. The molecule has 4 nitrogen and oxygen atoms in total. The number of hydrogen-bond acceptors (Lipinski definition) is 3. The van der Waals surface area contributed by atoms with Crippen LogP contribution in [0.4, 0.5) is 10.1 Å². The zero-order chi connectivity index (χ0) is 13.1. The fourth-order valence-electron chi connectivity index (χ4n) is 1.49. The summed E-state index contributed by atoms with van der Waals surface area (Å²) in [6, 6.07) is 9.81. The van der Waals surface area contributed by atoms with Crippen LogP contribution in [0.3, 0.4) is 0 Å². The number of hydrogen-bond donors (Lipinski definition) is 2. The van der Waals surface area contributed by atoms with E-state index in [-0.39, 0.29) is 11.2 Å². The van der Waals surface area contributed by atoms with Crippen LogP contribution in [0.1, 0.15) is 0 Å². The Morgan fingerprint density at radius 2 is 1.78 bits per heavy atom. The van der Waals surface area contributed by atoms with Crippen molar-refractivity contribution >= 4 is 18.3 Å². The number of halogens is 1. The van der Waals surface area contributed by atoms with Crippen molar-refractivity contribution in [1.82, 2.24) is 5.73 Å². The van der Waals surface area contributed by atoms with E-state index >= 15 is 0 Å².